The van der Waals surface area contributed by atoms with Gasteiger partial charge in [0.05, 0.1) is 11.6 Å². The maximum Gasteiger partial charge on any atom is 0.257 e. The zero-order chi connectivity index (χ0) is 22.2. The molecular weight excluding hydrogens is 426 g/mol. The zero-order valence-corrected chi connectivity index (χ0v) is 18.7. The SMILES string of the molecule is Cc1cc(C)cc(NC(=O)C2CCCc3sc(NC(=O)c4ccc5c(c4)OCO5)nc32)c1. The molecule has 8 heteroatoms. The summed E-state index contributed by atoms with van der Waals surface area (Å²) in [7, 11) is 0. The van der Waals surface area contributed by atoms with E-state index in [0.29, 0.717) is 22.2 Å². The van der Waals surface area contributed by atoms with Crippen LogP contribution in [0.2, 0.25) is 0 Å². The number of amides is 2. The number of fused-ring (bicyclic) bond motifs is 2. The Hall–Kier alpha value is -3.39. The van der Waals surface area contributed by atoms with Crippen LogP contribution in [0.1, 0.15) is 50.8 Å². The van der Waals surface area contributed by atoms with Gasteiger partial charge < -0.3 is 14.8 Å². The van der Waals surface area contributed by atoms with Crippen LogP contribution in [0.25, 0.3) is 0 Å². The van der Waals surface area contributed by atoms with Crippen molar-refractivity contribution < 1.29 is 19.1 Å². The molecule has 2 aliphatic rings. The van der Waals surface area contributed by atoms with E-state index in [4.69, 9.17) is 9.47 Å². The number of nitrogens with one attached hydrogen (secondary N) is 2. The Labute approximate surface area is 189 Å². The predicted molar refractivity (Wildman–Crippen MR) is 123 cm³/mol. The van der Waals surface area contributed by atoms with E-state index in [-0.39, 0.29) is 24.5 Å². The molecule has 1 unspecified atom stereocenters. The first-order valence-electron chi connectivity index (χ1n) is 10.6. The highest BCUT2D eigenvalue weighted by Gasteiger charge is 2.31. The summed E-state index contributed by atoms with van der Waals surface area (Å²) in [4.78, 5) is 31.5. The smallest absolute Gasteiger partial charge is 0.257 e. The van der Waals surface area contributed by atoms with Crippen molar-refractivity contribution in [1.29, 1.82) is 0 Å². The molecule has 2 N–H and O–H groups in total. The van der Waals surface area contributed by atoms with Gasteiger partial charge in [-0.2, -0.15) is 0 Å². The molecule has 0 bridgehead atoms. The molecule has 0 spiro atoms. The number of rotatable bonds is 4. The van der Waals surface area contributed by atoms with Gasteiger partial charge in [-0.3, -0.25) is 14.9 Å². The Bertz CT molecular complexity index is 1200. The summed E-state index contributed by atoms with van der Waals surface area (Å²) in [5, 5.41) is 6.42. The van der Waals surface area contributed by atoms with E-state index in [0.717, 1.165) is 46.6 Å². The summed E-state index contributed by atoms with van der Waals surface area (Å²) in [6.45, 7) is 4.18. The van der Waals surface area contributed by atoms with E-state index >= 15 is 0 Å². The fourth-order valence-electron chi connectivity index (χ4n) is 4.21. The van der Waals surface area contributed by atoms with Crippen molar-refractivity contribution in [2.24, 2.45) is 0 Å². The summed E-state index contributed by atoms with van der Waals surface area (Å²) in [5.41, 5.74) is 4.24. The van der Waals surface area contributed by atoms with E-state index in [1.165, 1.54) is 11.3 Å². The van der Waals surface area contributed by atoms with Gasteiger partial charge in [-0.05, 0) is 74.6 Å². The summed E-state index contributed by atoms with van der Waals surface area (Å²) < 4.78 is 10.6. The molecule has 0 fully saturated rings. The highest BCUT2D eigenvalue weighted by Crippen LogP contribution is 2.38. The van der Waals surface area contributed by atoms with E-state index in [1.807, 2.05) is 26.0 Å². The summed E-state index contributed by atoms with van der Waals surface area (Å²) >= 11 is 1.44. The quantitative estimate of drug-likeness (QED) is 0.597. The number of benzene rings is 2. The number of hydrogen-bond donors (Lipinski definition) is 2. The molecule has 164 valence electrons. The summed E-state index contributed by atoms with van der Waals surface area (Å²) in [6.07, 6.45) is 2.51. The Morgan fingerprint density at radius 2 is 1.81 bits per heavy atom. The number of ether oxygens (including phenoxy) is 2. The third-order valence-corrected chi connectivity index (χ3v) is 6.66. The van der Waals surface area contributed by atoms with E-state index < -0.39 is 0 Å². The minimum atomic E-state index is -0.327. The topological polar surface area (TPSA) is 89.6 Å². The average molecular weight is 450 g/mol. The Balaban J connectivity index is 1.32. The lowest BCUT2D eigenvalue weighted by Gasteiger charge is -2.20. The highest BCUT2D eigenvalue weighted by molar-refractivity contribution is 7.16. The van der Waals surface area contributed by atoms with Crippen molar-refractivity contribution in [2.45, 2.75) is 39.0 Å². The van der Waals surface area contributed by atoms with Gasteiger partial charge >= 0.3 is 0 Å². The van der Waals surface area contributed by atoms with Crippen LogP contribution in [0.4, 0.5) is 10.8 Å². The third kappa shape index (κ3) is 4.05. The first kappa shape index (κ1) is 20.5. The first-order valence-corrected chi connectivity index (χ1v) is 11.4. The molecule has 1 aliphatic carbocycles. The van der Waals surface area contributed by atoms with Gasteiger partial charge in [0.2, 0.25) is 12.7 Å². The molecule has 3 aromatic rings. The number of carbonyl (C=O) groups excluding carboxylic acids is 2. The molecule has 0 saturated heterocycles. The molecular formula is C24H23N3O4S. The van der Waals surface area contributed by atoms with Crippen molar-refractivity contribution in [1.82, 2.24) is 4.98 Å². The Morgan fingerprint density at radius 3 is 2.62 bits per heavy atom. The second kappa shape index (κ2) is 8.27. The molecule has 1 aliphatic heterocycles. The molecule has 7 nitrogen and oxygen atoms in total. The number of carbonyl (C=O) groups is 2. The van der Waals surface area contributed by atoms with Gasteiger partial charge in [0.25, 0.3) is 5.91 Å². The molecule has 1 atom stereocenters. The van der Waals surface area contributed by atoms with Crippen molar-refractivity contribution in [3.63, 3.8) is 0 Å². The van der Waals surface area contributed by atoms with Gasteiger partial charge in [-0.15, -0.1) is 11.3 Å². The minimum absolute atomic E-state index is 0.0603. The first-order chi connectivity index (χ1) is 15.5. The van der Waals surface area contributed by atoms with Crippen molar-refractivity contribution in [3.8, 4) is 11.5 Å². The van der Waals surface area contributed by atoms with Crippen LogP contribution >= 0.6 is 11.3 Å². The van der Waals surface area contributed by atoms with Gasteiger partial charge in [0.1, 0.15) is 0 Å². The average Bonchev–Trinajstić information content (AvgIpc) is 3.38. The fourth-order valence-corrected chi connectivity index (χ4v) is 5.27. The molecule has 0 radical (unpaired) electrons. The highest BCUT2D eigenvalue weighted by atomic mass is 32.1. The molecule has 2 amide bonds. The van der Waals surface area contributed by atoms with E-state index in [2.05, 4.69) is 21.7 Å². The van der Waals surface area contributed by atoms with Crippen LogP contribution in [0, 0.1) is 13.8 Å². The Kier molecular flexibility index (Phi) is 5.30. The Morgan fingerprint density at radius 1 is 1.03 bits per heavy atom. The van der Waals surface area contributed by atoms with Crippen LogP contribution in [-0.2, 0) is 11.2 Å². The van der Waals surface area contributed by atoms with E-state index in [9.17, 15) is 9.59 Å². The summed E-state index contributed by atoms with van der Waals surface area (Å²) in [6, 6.07) is 11.1. The van der Waals surface area contributed by atoms with Crippen LogP contribution in [0.5, 0.6) is 11.5 Å². The van der Waals surface area contributed by atoms with Crippen LogP contribution < -0.4 is 20.1 Å². The largest absolute Gasteiger partial charge is 0.454 e. The summed E-state index contributed by atoms with van der Waals surface area (Å²) in [5.74, 6) is 0.524. The fraction of sp³-hybridized carbons (Fsp3) is 0.292. The molecule has 32 heavy (non-hydrogen) atoms. The third-order valence-electron chi connectivity index (χ3n) is 5.62. The predicted octanol–water partition coefficient (Wildman–Crippen LogP) is 4.80. The zero-order valence-electron chi connectivity index (χ0n) is 17.9. The molecule has 2 aromatic carbocycles. The number of thiazole rings is 1. The number of aromatic nitrogens is 1. The minimum Gasteiger partial charge on any atom is -0.454 e. The second-order valence-corrected chi connectivity index (χ2v) is 9.24. The lowest BCUT2D eigenvalue weighted by Crippen LogP contribution is -2.24. The molecule has 5 rings (SSSR count). The second-order valence-electron chi connectivity index (χ2n) is 8.16. The monoisotopic (exact) mass is 449 g/mol. The molecule has 0 saturated carbocycles. The van der Waals surface area contributed by atoms with Crippen LogP contribution in [-0.4, -0.2) is 23.6 Å². The lowest BCUT2D eigenvalue weighted by atomic mass is 9.90. The van der Waals surface area contributed by atoms with Crippen LogP contribution in [0.15, 0.2) is 36.4 Å². The van der Waals surface area contributed by atoms with Crippen molar-refractivity contribution >= 4 is 34.0 Å². The maximum absolute atomic E-state index is 13.1. The van der Waals surface area contributed by atoms with Gasteiger partial charge in [-0.1, -0.05) is 6.07 Å². The number of aryl methyl sites for hydroxylation is 3. The van der Waals surface area contributed by atoms with Gasteiger partial charge in [-0.25, -0.2) is 4.98 Å². The van der Waals surface area contributed by atoms with Gasteiger partial charge in [0, 0.05) is 16.1 Å². The molecule has 2 heterocycles. The van der Waals surface area contributed by atoms with Crippen LogP contribution in [0.3, 0.4) is 0 Å². The number of nitrogens with zero attached hydrogens (tertiary/aromatic N) is 1. The molecule has 1 aromatic heterocycles. The normalized spacial score (nSPS) is 16.4. The number of hydrogen-bond acceptors (Lipinski definition) is 6. The lowest BCUT2D eigenvalue weighted by molar-refractivity contribution is -0.117. The van der Waals surface area contributed by atoms with Crippen molar-refractivity contribution in [3.05, 3.63) is 63.7 Å². The standard InChI is InChI=1S/C24H23N3O4S/c1-13-8-14(2)10-16(9-13)25-23(29)17-4-3-5-20-21(17)26-24(32-20)27-22(28)15-6-7-18-19(11-15)31-12-30-18/h6-11,17H,3-5,12H2,1-2H3,(H,25,29)(H,26,27,28). The van der Waals surface area contributed by atoms with Crippen molar-refractivity contribution in [2.75, 3.05) is 17.4 Å². The van der Waals surface area contributed by atoms with E-state index in [1.54, 1.807) is 18.2 Å². The number of anilines is 2. The maximum atomic E-state index is 13.1. The van der Waals surface area contributed by atoms with Gasteiger partial charge in [0.15, 0.2) is 16.6 Å².